The first-order valence-corrected chi connectivity index (χ1v) is 7.71. The van der Waals surface area contributed by atoms with Gasteiger partial charge in [0, 0.05) is 16.7 Å². The van der Waals surface area contributed by atoms with Crippen LogP contribution in [0, 0.1) is 3.57 Å². The van der Waals surface area contributed by atoms with Crippen LogP contribution in [0.25, 0.3) is 0 Å². The number of hydrogen-bond acceptors (Lipinski definition) is 3. The molecule has 0 radical (unpaired) electrons. The molecule has 2 rings (SSSR count). The Kier molecular flexibility index (Phi) is 5.06. The second-order valence-electron chi connectivity index (χ2n) is 4.72. The van der Waals surface area contributed by atoms with Gasteiger partial charge in [0.15, 0.2) is 0 Å². The first-order valence-electron chi connectivity index (χ1n) is 6.63. The number of halogens is 1. The summed E-state index contributed by atoms with van der Waals surface area (Å²) in [5.41, 5.74) is 8.76. The van der Waals surface area contributed by atoms with Crippen molar-refractivity contribution in [2.45, 2.75) is 13.5 Å². The number of anilines is 2. The Morgan fingerprint density at radius 1 is 1.24 bits per heavy atom. The van der Waals surface area contributed by atoms with E-state index in [4.69, 9.17) is 10.8 Å². The van der Waals surface area contributed by atoms with Crippen molar-refractivity contribution < 1.29 is 9.90 Å². The highest BCUT2D eigenvalue weighted by molar-refractivity contribution is 14.1. The zero-order chi connectivity index (χ0) is 15.4. The van der Waals surface area contributed by atoms with Gasteiger partial charge in [0.05, 0.1) is 16.9 Å². The lowest BCUT2D eigenvalue weighted by Gasteiger charge is -2.25. The van der Waals surface area contributed by atoms with Crippen LogP contribution in [-0.2, 0) is 6.54 Å². The summed E-state index contributed by atoms with van der Waals surface area (Å²) in [4.78, 5) is 13.1. The number of carboxylic acids is 1. The van der Waals surface area contributed by atoms with Crippen LogP contribution >= 0.6 is 22.6 Å². The minimum Gasteiger partial charge on any atom is -0.478 e. The summed E-state index contributed by atoms with van der Waals surface area (Å²) in [5.74, 6) is -0.964. The van der Waals surface area contributed by atoms with E-state index in [9.17, 15) is 4.79 Å². The van der Waals surface area contributed by atoms with Gasteiger partial charge in [-0.3, -0.25) is 0 Å². The maximum absolute atomic E-state index is 11.0. The Labute approximate surface area is 137 Å². The molecule has 0 aliphatic heterocycles. The van der Waals surface area contributed by atoms with E-state index in [1.807, 2.05) is 0 Å². The van der Waals surface area contributed by atoms with Crippen molar-refractivity contribution >= 4 is 39.9 Å². The highest BCUT2D eigenvalue weighted by Crippen LogP contribution is 2.26. The Morgan fingerprint density at radius 3 is 2.43 bits per heavy atom. The predicted molar refractivity (Wildman–Crippen MR) is 93.7 cm³/mol. The van der Waals surface area contributed by atoms with Crippen LogP contribution in [-0.4, -0.2) is 17.6 Å². The predicted octanol–water partition coefficient (Wildman–Crippen LogP) is 3.60. The topological polar surface area (TPSA) is 66.6 Å². The number of carbonyl (C=O) groups is 1. The standard InChI is InChI=1S/C16H17IN2O2/c1-2-19(10-11-3-6-13(17)7-4-11)15-8-5-12(16(20)21)9-14(15)18/h3-9H,2,10,18H2,1H3,(H,20,21). The summed E-state index contributed by atoms with van der Waals surface area (Å²) in [6.45, 7) is 3.59. The third-order valence-corrected chi connectivity index (χ3v) is 4.00. The van der Waals surface area contributed by atoms with Crippen molar-refractivity contribution in [3.05, 3.63) is 57.2 Å². The van der Waals surface area contributed by atoms with E-state index in [1.165, 1.54) is 15.2 Å². The zero-order valence-electron chi connectivity index (χ0n) is 11.7. The maximum atomic E-state index is 11.0. The smallest absolute Gasteiger partial charge is 0.335 e. The molecule has 3 N–H and O–H groups in total. The number of hydrogen-bond donors (Lipinski definition) is 2. The molecule has 0 saturated carbocycles. The molecular formula is C16H17IN2O2. The number of aromatic carboxylic acids is 1. The number of nitrogens with zero attached hydrogens (tertiary/aromatic N) is 1. The lowest BCUT2D eigenvalue weighted by atomic mass is 10.1. The van der Waals surface area contributed by atoms with E-state index in [0.717, 1.165) is 18.8 Å². The Balaban J connectivity index is 2.25. The number of rotatable bonds is 5. The summed E-state index contributed by atoms with van der Waals surface area (Å²) in [6.07, 6.45) is 0. The van der Waals surface area contributed by atoms with Crippen LogP contribution < -0.4 is 10.6 Å². The fraction of sp³-hybridized carbons (Fsp3) is 0.188. The van der Waals surface area contributed by atoms with Gasteiger partial charge in [-0.25, -0.2) is 4.79 Å². The molecule has 0 spiro atoms. The van der Waals surface area contributed by atoms with E-state index >= 15 is 0 Å². The fourth-order valence-electron chi connectivity index (χ4n) is 2.15. The Bertz CT molecular complexity index is 641. The van der Waals surface area contributed by atoms with Gasteiger partial charge in [0.1, 0.15) is 0 Å². The normalized spacial score (nSPS) is 10.4. The van der Waals surface area contributed by atoms with Gasteiger partial charge in [0.2, 0.25) is 0 Å². The molecule has 4 nitrogen and oxygen atoms in total. The largest absolute Gasteiger partial charge is 0.478 e. The van der Waals surface area contributed by atoms with Gasteiger partial charge < -0.3 is 15.7 Å². The summed E-state index contributed by atoms with van der Waals surface area (Å²) in [7, 11) is 0. The van der Waals surface area contributed by atoms with E-state index in [1.54, 1.807) is 12.1 Å². The third kappa shape index (κ3) is 3.87. The molecule has 0 aliphatic carbocycles. The average molecular weight is 396 g/mol. The molecule has 2 aromatic rings. The van der Waals surface area contributed by atoms with Crippen LogP contribution in [0.1, 0.15) is 22.8 Å². The first kappa shape index (κ1) is 15.6. The van der Waals surface area contributed by atoms with Crippen molar-refractivity contribution in [1.82, 2.24) is 0 Å². The quantitative estimate of drug-likeness (QED) is 0.599. The van der Waals surface area contributed by atoms with Gasteiger partial charge in [-0.05, 0) is 65.4 Å². The number of nitrogen functional groups attached to an aromatic ring is 1. The van der Waals surface area contributed by atoms with Crippen molar-refractivity contribution in [3.63, 3.8) is 0 Å². The molecule has 0 aromatic heterocycles. The highest BCUT2D eigenvalue weighted by Gasteiger charge is 2.11. The fourth-order valence-corrected chi connectivity index (χ4v) is 2.51. The summed E-state index contributed by atoms with van der Waals surface area (Å²) < 4.78 is 1.20. The van der Waals surface area contributed by atoms with Crippen molar-refractivity contribution in [2.75, 3.05) is 17.2 Å². The molecule has 0 atom stereocenters. The molecular weight excluding hydrogens is 379 g/mol. The minimum absolute atomic E-state index is 0.210. The van der Waals surface area contributed by atoms with E-state index in [-0.39, 0.29) is 5.56 Å². The number of carboxylic acid groups (broad SMARTS) is 1. The van der Waals surface area contributed by atoms with Crippen LogP contribution in [0.4, 0.5) is 11.4 Å². The summed E-state index contributed by atoms with van der Waals surface area (Å²) >= 11 is 2.28. The SMILES string of the molecule is CCN(Cc1ccc(I)cc1)c1ccc(C(=O)O)cc1N. The summed E-state index contributed by atoms with van der Waals surface area (Å²) in [6, 6.07) is 13.2. The molecule has 21 heavy (non-hydrogen) atoms. The number of benzene rings is 2. The van der Waals surface area contributed by atoms with Crippen molar-refractivity contribution in [2.24, 2.45) is 0 Å². The Hall–Kier alpha value is -1.76. The van der Waals surface area contributed by atoms with E-state index in [2.05, 4.69) is 58.7 Å². The highest BCUT2D eigenvalue weighted by atomic mass is 127. The molecule has 5 heteroatoms. The van der Waals surface area contributed by atoms with Gasteiger partial charge >= 0.3 is 5.97 Å². The van der Waals surface area contributed by atoms with Crippen molar-refractivity contribution in [1.29, 1.82) is 0 Å². The van der Waals surface area contributed by atoms with Crippen molar-refractivity contribution in [3.8, 4) is 0 Å². The molecule has 0 saturated heterocycles. The lowest BCUT2D eigenvalue weighted by molar-refractivity contribution is 0.0697. The van der Waals surface area contributed by atoms with Crippen LogP contribution in [0.2, 0.25) is 0 Å². The minimum atomic E-state index is -0.964. The van der Waals surface area contributed by atoms with Crippen LogP contribution in [0.5, 0.6) is 0 Å². The molecule has 110 valence electrons. The van der Waals surface area contributed by atoms with Crippen LogP contribution in [0.3, 0.4) is 0 Å². The van der Waals surface area contributed by atoms with Gasteiger partial charge in [0.25, 0.3) is 0 Å². The molecule has 0 bridgehead atoms. The summed E-state index contributed by atoms with van der Waals surface area (Å²) in [5, 5.41) is 8.99. The monoisotopic (exact) mass is 396 g/mol. The lowest BCUT2D eigenvalue weighted by Crippen LogP contribution is -2.23. The average Bonchev–Trinajstić information content (AvgIpc) is 2.47. The Morgan fingerprint density at radius 2 is 1.90 bits per heavy atom. The first-order chi connectivity index (χ1) is 10.0. The molecule has 0 unspecified atom stereocenters. The van der Waals surface area contributed by atoms with Gasteiger partial charge in [-0.1, -0.05) is 12.1 Å². The molecule has 2 aromatic carbocycles. The zero-order valence-corrected chi connectivity index (χ0v) is 13.9. The third-order valence-electron chi connectivity index (χ3n) is 3.28. The maximum Gasteiger partial charge on any atom is 0.335 e. The molecule has 0 heterocycles. The molecule has 0 fully saturated rings. The molecule has 0 amide bonds. The molecule has 0 aliphatic rings. The van der Waals surface area contributed by atoms with E-state index < -0.39 is 5.97 Å². The van der Waals surface area contributed by atoms with Crippen LogP contribution in [0.15, 0.2) is 42.5 Å². The van der Waals surface area contributed by atoms with E-state index in [0.29, 0.717) is 5.69 Å². The van der Waals surface area contributed by atoms with Gasteiger partial charge in [-0.15, -0.1) is 0 Å². The van der Waals surface area contributed by atoms with Gasteiger partial charge in [-0.2, -0.15) is 0 Å². The second kappa shape index (κ2) is 6.80. The number of nitrogens with two attached hydrogens (primary N) is 1. The second-order valence-corrected chi connectivity index (χ2v) is 5.97.